The Morgan fingerprint density at radius 2 is 1.96 bits per heavy atom. The van der Waals surface area contributed by atoms with Crippen molar-refractivity contribution >= 4 is 0 Å². The van der Waals surface area contributed by atoms with Gasteiger partial charge in [-0.3, -0.25) is 9.69 Å². The number of methoxy groups -OCH3 is 1. The lowest BCUT2D eigenvalue weighted by molar-refractivity contribution is 0.240. The molecule has 0 radical (unpaired) electrons. The van der Waals surface area contributed by atoms with Gasteiger partial charge < -0.3 is 9.72 Å². The van der Waals surface area contributed by atoms with E-state index in [-0.39, 0.29) is 5.56 Å². The van der Waals surface area contributed by atoms with Gasteiger partial charge in [-0.1, -0.05) is 25.3 Å². The van der Waals surface area contributed by atoms with Crippen LogP contribution in [0.2, 0.25) is 0 Å². The molecule has 4 rings (SSSR count). The van der Waals surface area contributed by atoms with Crippen LogP contribution in [0.3, 0.4) is 0 Å². The molecule has 150 valence electrons. The van der Waals surface area contributed by atoms with E-state index in [1.807, 2.05) is 0 Å². The van der Waals surface area contributed by atoms with Crippen LogP contribution in [0.15, 0.2) is 16.9 Å². The minimum atomic E-state index is 0.0675. The van der Waals surface area contributed by atoms with Gasteiger partial charge >= 0.3 is 0 Å². The van der Waals surface area contributed by atoms with Crippen molar-refractivity contribution in [1.82, 2.24) is 14.9 Å². The van der Waals surface area contributed by atoms with E-state index in [9.17, 15) is 4.79 Å². The van der Waals surface area contributed by atoms with Gasteiger partial charge in [-0.2, -0.15) is 0 Å². The average molecular weight is 382 g/mol. The maximum Gasteiger partial charge on any atom is 0.255 e. The minimum Gasteiger partial charge on any atom is -0.496 e. The second-order valence-electron chi connectivity index (χ2n) is 8.42. The van der Waals surface area contributed by atoms with E-state index >= 15 is 0 Å². The molecule has 5 nitrogen and oxygen atoms in total. The number of ether oxygens (including phenoxy) is 1. The Kier molecular flexibility index (Phi) is 5.54. The molecule has 0 bridgehead atoms. The molecule has 2 aromatic rings. The summed E-state index contributed by atoms with van der Waals surface area (Å²) in [6.45, 7) is 6.67. The Balaban J connectivity index is 1.52. The Bertz CT molecular complexity index is 913. The molecule has 2 aliphatic rings. The standard InChI is InChI=1S/C23H31N3O2/c1-15-12-21(28-3)16(2)11-18(15)13-26-10-9-20-19(14-26)23(27)25-22(24-20)17-7-5-4-6-8-17/h11-12,17H,4-10,13-14H2,1-3H3,(H,24,25,27). The number of nitrogens with zero attached hydrogens (tertiary/aromatic N) is 2. The summed E-state index contributed by atoms with van der Waals surface area (Å²) < 4.78 is 5.43. The SMILES string of the molecule is COc1cc(C)c(CN2CCc3nc(C4CCCCC4)[nH]c(=O)c3C2)cc1C. The Morgan fingerprint density at radius 1 is 1.18 bits per heavy atom. The lowest BCUT2D eigenvalue weighted by Gasteiger charge is -2.29. The van der Waals surface area contributed by atoms with Gasteiger partial charge in [-0.25, -0.2) is 4.98 Å². The first-order valence-corrected chi connectivity index (χ1v) is 10.5. The number of hydrogen-bond donors (Lipinski definition) is 1. The van der Waals surface area contributed by atoms with Gasteiger partial charge in [0.25, 0.3) is 5.56 Å². The molecule has 0 unspecified atom stereocenters. The van der Waals surface area contributed by atoms with Gasteiger partial charge in [-0.05, 0) is 49.4 Å². The second-order valence-corrected chi connectivity index (χ2v) is 8.42. The third-order valence-electron chi connectivity index (χ3n) is 6.41. The normalized spacial score (nSPS) is 18.1. The zero-order valence-electron chi connectivity index (χ0n) is 17.3. The molecule has 1 aromatic heterocycles. The number of nitrogens with one attached hydrogen (secondary N) is 1. The molecular formula is C23H31N3O2. The van der Waals surface area contributed by atoms with Crippen molar-refractivity contribution in [2.45, 2.75) is 71.4 Å². The van der Waals surface area contributed by atoms with E-state index in [4.69, 9.17) is 9.72 Å². The fourth-order valence-corrected chi connectivity index (χ4v) is 4.69. The molecule has 5 heteroatoms. The number of fused-ring (bicyclic) bond motifs is 1. The van der Waals surface area contributed by atoms with E-state index in [1.54, 1.807) is 7.11 Å². The summed E-state index contributed by atoms with van der Waals surface area (Å²) in [4.78, 5) is 23.2. The smallest absolute Gasteiger partial charge is 0.255 e. The fraction of sp³-hybridized carbons (Fsp3) is 0.565. The first kappa shape index (κ1) is 19.2. The van der Waals surface area contributed by atoms with E-state index in [1.165, 1.54) is 30.4 Å². The maximum absolute atomic E-state index is 12.8. The molecule has 1 aromatic carbocycles. The first-order valence-electron chi connectivity index (χ1n) is 10.5. The highest BCUT2D eigenvalue weighted by molar-refractivity contribution is 5.41. The van der Waals surface area contributed by atoms with Crippen LogP contribution >= 0.6 is 0 Å². The Morgan fingerprint density at radius 3 is 2.71 bits per heavy atom. The third-order valence-corrected chi connectivity index (χ3v) is 6.41. The summed E-state index contributed by atoms with van der Waals surface area (Å²) in [7, 11) is 1.71. The molecule has 1 fully saturated rings. The van der Waals surface area contributed by atoms with Crippen molar-refractivity contribution in [3.8, 4) is 5.75 Å². The van der Waals surface area contributed by atoms with Crippen molar-refractivity contribution in [3.05, 3.63) is 56.3 Å². The van der Waals surface area contributed by atoms with Crippen molar-refractivity contribution in [2.75, 3.05) is 13.7 Å². The monoisotopic (exact) mass is 381 g/mol. The molecule has 28 heavy (non-hydrogen) atoms. The molecular weight excluding hydrogens is 350 g/mol. The van der Waals surface area contributed by atoms with Crippen LogP contribution in [0, 0.1) is 13.8 Å². The summed E-state index contributed by atoms with van der Waals surface area (Å²) in [5, 5.41) is 0. The summed E-state index contributed by atoms with van der Waals surface area (Å²) in [5.74, 6) is 2.30. The highest BCUT2D eigenvalue weighted by Gasteiger charge is 2.24. The predicted octanol–water partition coefficient (Wildman–Crippen LogP) is 4.00. The van der Waals surface area contributed by atoms with Crippen LogP contribution in [-0.4, -0.2) is 28.5 Å². The first-order chi connectivity index (χ1) is 13.5. The topological polar surface area (TPSA) is 58.2 Å². The average Bonchev–Trinajstić information content (AvgIpc) is 2.71. The predicted molar refractivity (Wildman–Crippen MR) is 111 cm³/mol. The van der Waals surface area contributed by atoms with Crippen LogP contribution < -0.4 is 10.3 Å². The summed E-state index contributed by atoms with van der Waals surface area (Å²) in [5.41, 5.74) is 5.62. The van der Waals surface area contributed by atoms with Crippen LogP contribution in [-0.2, 0) is 19.5 Å². The minimum absolute atomic E-state index is 0.0675. The summed E-state index contributed by atoms with van der Waals surface area (Å²) >= 11 is 0. The van der Waals surface area contributed by atoms with E-state index in [0.717, 1.165) is 60.7 Å². The van der Waals surface area contributed by atoms with Crippen molar-refractivity contribution in [1.29, 1.82) is 0 Å². The summed E-state index contributed by atoms with van der Waals surface area (Å²) in [6.07, 6.45) is 6.98. The van der Waals surface area contributed by atoms with Crippen LogP contribution in [0.4, 0.5) is 0 Å². The van der Waals surface area contributed by atoms with Crippen molar-refractivity contribution < 1.29 is 4.74 Å². The second kappa shape index (κ2) is 8.08. The molecule has 0 amide bonds. The molecule has 2 heterocycles. The van der Waals surface area contributed by atoms with Gasteiger partial charge in [0.15, 0.2) is 0 Å². The quantitative estimate of drug-likeness (QED) is 0.870. The number of benzene rings is 1. The molecule has 1 aliphatic heterocycles. The number of rotatable bonds is 4. The molecule has 0 saturated heterocycles. The van der Waals surface area contributed by atoms with Crippen molar-refractivity contribution in [2.24, 2.45) is 0 Å². The van der Waals surface area contributed by atoms with Gasteiger partial charge in [0.2, 0.25) is 0 Å². The largest absolute Gasteiger partial charge is 0.496 e. The molecule has 0 atom stereocenters. The number of aromatic nitrogens is 2. The number of aryl methyl sites for hydroxylation is 2. The number of aromatic amines is 1. The lowest BCUT2D eigenvalue weighted by atomic mass is 9.88. The highest BCUT2D eigenvalue weighted by atomic mass is 16.5. The van der Waals surface area contributed by atoms with E-state index < -0.39 is 0 Å². The Labute approximate surface area is 167 Å². The zero-order valence-corrected chi connectivity index (χ0v) is 17.3. The molecule has 1 saturated carbocycles. The number of hydrogen-bond acceptors (Lipinski definition) is 4. The fourth-order valence-electron chi connectivity index (χ4n) is 4.69. The maximum atomic E-state index is 12.8. The highest BCUT2D eigenvalue weighted by Crippen LogP contribution is 2.31. The molecule has 1 aliphatic carbocycles. The van der Waals surface area contributed by atoms with Gasteiger partial charge in [0, 0.05) is 32.0 Å². The molecule has 0 spiro atoms. The van der Waals surface area contributed by atoms with Crippen LogP contribution in [0.5, 0.6) is 5.75 Å². The van der Waals surface area contributed by atoms with Gasteiger partial charge in [0.05, 0.1) is 18.4 Å². The third kappa shape index (κ3) is 3.86. The lowest BCUT2D eigenvalue weighted by Crippen LogP contribution is -2.36. The number of H-pyrrole nitrogens is 1. The van der Waals surface area contributed by atoms with Gasteiger partial charge in [0.1, 0.15) is 11.6 Å². The van der Waals surface area contributed by atoms with Crippen LogP contribution in [0.1, 0.15) is 71.8 Å². The van der Waals surface area contributed by atoms with Crippen molar-refractivity contribution in [3.63, 3.8) is 0 Å². The summed E-state index contributed by atoms with van der Waals surface area (Å²) in [6, 6.07) is 4.31. The molecule has 1 N–H and O–H groups in total. The Hall–Kier alpha value is -2.14. The van der Waals surface area contributed by atoms with Crippen LogP contribution in [0.25, 0.3) is 0 Å². The van der Waals surface area contributed by atoms with Gasteiger partial charge in [-0.15, -0.1) is 0 Å². The van der Waals surface area contributed by atoms with E-state index in [2.05, 4.69) is 35.9 Å². The zero-order chi connectivity index (χ0) is 19.7. The van der Waals surface area contributed by atoms with E-state index in [0.29, 0.717) is 12.5 Å².